The number of anilines is 2. The molecule has 3 aromatic rings. The van der Waals surface area contributed by atoms with Crippen LogP contribution in [0.25, 0.3) is 11.0 Å². The number of benzene rings is 1. The van der Waals surface area contributed by atoms with E-state index in [1.54, 1.807) is 6.07 Å². The molecule has 8 heteroatoms. The molecular weight excluding hydrogens is 349 g/mol. The van der Waals surface area contributed by atoms with Gasteiger partial charge in [-0.2, -0.15) is 0 Å². The van der Waals surface area contributed by atoms with Crippen molar-refractivity contribution in [2.75, 3.05) is 11.1 Å². The van der Waals surface area contributed by atoms with Crippen LogP contribution in [-0.2, 0) is 0 Å². The van der Waals surface area contributed by atoms with E-state index in [9.17, 15) is 9.18 Å². The Kier molecular flexibility index (Phi) is 4.73. The van der Waals surface area contributed by atoms with Gasteiger partial charge >= 0.3 is 6.03 Å². The van der Waals surface area contributed by atoms with E-state index in [0.29, 0.717) is 22.4 Å². The summed E-state index contributed by atoms with van der Waals surface area (Å²) in [6.45, 7) is 7.78. The van der Waals surface area contributed by atoms with Gasteiger partial charge in [-0.05, 0) is 30.5 Å². The van der Waals surface area contributed by atoms with Crippen molar-refractivity contribution in [2.45, 2.75) is 33.7 Å². The number of hydrogen-bond acceptors (Lipinski definition) is 5. The molecule has 0 aliphatic heterocycles. The molecule has 142 valence electrons. The number of fused-ring (bicyclic) bond motifs is 1. The van der Waals surface area contributed by atoms with Crippen LogP contribution < -0.4 is 16.4 Å². The molecule has 0 saturated carbocycles. The first-order valence-corrected chi connectivity index (χ1v) is 8.49. The number of rotatable bonds is 3. The minimum absolute atomic E-state index is 0.137. The van der Waals surface area contributed by atoms with Gasteiger partial charge in [0, 0.05) is 10.9 Å². The van der Waals surface area contributed by atoms with E-state index in [1.165, 1.54) is 24.5 Å². The van der Waals surface area contributed by atoms with E-state index in [-0.39, 0.29) is 17.2 Å². The molecule has 1 atom stereocenters. The fraction of sp³-hybridized carbons (Fsp3) is 0.316. The molecule has 4 N–H and O–H groups in total. The average Bonchev–Trinajstić information content (AvgIpc) is 2.90. The van der Waals surface area contributed by atoms with Gasteiger partial charge in [-0.25, -0.2) is 19.2 Å². The largest absolute Gasteiger partial charge is 0.459 e. The minimum Gasteiger partial charge on any atom is -0.459 e. The van der Waals surface area contributed by atoms with Crippen LogP contribution in [0.2, 0.25) is 0 Å². The molecule has 1 aromatic carbocycles. The number of nitrogens with two attached hydrogens (primary N) is 1. The molecule has 0 fully saturated rings. The predicted octanol–water partition coefficient (Wildman–Crippen LogP) is 4.16. The number of nitrogen functional groups attached to an aromatic ring is 1. The van der Waals surface area contributed by atoms with Gasteiger partial charge in [0.25, 0.3) is 0 Å². The van der Waals surface area contributed by atoms with Crippen LogP contribution in [0.1, 0.15) is 38.1 Å². The molecule has 2 aromatic heterocycles. The zero-order valence-electron chi connectivity index (χ0n) is 15.6. The predicted molar refractivity (Wildman–Crippen MR) is 102 cm³/mol. The molecule has 0 radical (unpaired) electrons. The van der Waals surface area contributed by atoms with Crippen LogP contribution in [0.3, 0.4) is 0 Å². The number of aryl methyl sites for hydroxylation is 1. The lowest BCUT2D eigenvalue weighted by atomic mass is 9.84. The summed E-state index contributed by atoms with van der Waals surface area (Å²) in [6.07, 6.45) is 2.81. The maximum atomic E-state index is 13.6. The lowest BCUT2D eigenvalue weighted by molar-refractivity contribution is 0.217. The summed E-state index contributed by atoms with van der Waals surface area (Å²) in [5, 5.41) is 6.16. The Morgan fingerprint density at radius 2 is 1.93 bits per heavy atom. The molecule has 0 unspecified atom stereocenters. The second kappa shape index (κ2) is 6.86. The van der Waals surface area contributed by atoms with Gasteiger partial charge in [-0.15, -0.1) is 0 Å². The minimum atomic E-state index is -0.481. The monoisotopic (exact) mass is 371 g/mol. The Hall–Kier alpha value is -3.16. The molecule has 0 spiro atoms. The van der Waals surface area contributed by atoms with E-state index in [1.807, 2.05) is 27.7 Å². The number of halogens is 1. The van der Waals surface area contributed by atoms with Crippen molar-refractivity contribution in [3.05, 3.63) is 47.7 Å². The maximum absolute atomic E-state index is 13.6. The number of carbonyl (C=O) groups is 1. The van der Waals surface area contributed by atoms with E-state index >= 15 is 0 Å². The fourth-order valence-corrected chi connectivity index (χ4v) is 2.83. The zero-order chi connectivity index (χ0) is 19.8. The van der Waals surface area contributed by atoms with Crippen molar-refractivity contribution in [1.82, 2.24) is 15.3 Å². The van der Waals surface area contributed by atoms with Crippen LogP contribution in [0, 0.1) is 18.2 Å². The number of amides is 2. The number of aromatic nitrogens is 2. The smallest absolute Gasteiger partial charge is 0.322 e. The fourth-order valence-electron chi connectivity index (χ4n) is 2.83. The van der Waals surface area contributed by atoms with Gasteiger partial charge in [0.1, 0.15) is 17.2 Å². The molecular formula is C19H22FN5O2. The SMILES string of the molecule is Cc1c([C@H](NC(=O)Nc2ncc(N)cn2)C(C)(C)C)oc2ccc(F)cc12. The standard InChI is InChI=1S/C19H22FN5O2/c1-10-13-7-11(20)5-6-14(13)27-15(10)16(19(2,3)4)24-18(26)25-17-22-8-12(21)9-23-17/h5-9,16H,21H2,1-4H3,(H2,22,23,24,25,26)/t16-/m0/s1. The molecule has 0 aliphatic carbocycles. The number of urea groups is 1. The van der Waals surface area contributed by atoms with Gasteiger partial charge < -0.3 is 15.5 Å². The van der Waals surface area contributed by atoms with Crippen molar-refractivity contribution in [1.29, 1.82) is 0 Å². The van der Waals surface area contributed by atoms with Gasteiger partial charge in [0.05, 0.1) is 24.1 Å². The van der Waals surface area contributed by atoms with Crippen LogP contribution in [0.4, 0.5) is 20.8 Å². The lowest BCUT2D eigenvalue weighted by Gasteiger charge is -2.30. The molecule has 2 amide bonds. The summed E-state index contributed by atoms with van der Waals surface area (Å²) in [4.78, 5) is 20.4. The summed E-state index contributed by atoms with van der Waals surface area (Å²) in [5.74, 6) is 0.380. The van der Waals surface area contributed by atoms with E-state index in [0.717, 1.165) is 5.56 Å². The number of carbonyl (C=O) groups excluding carboxylic acids is 1. The Labute approximate surface area is 156 Å². The molecule has 0 saturated heterocycles. The third-order valence-corrected chi connectivity index (χ3v) is 4.24. The first kappa shape index (κ1) is 18.6. The first-order chi connectivity index (χ1) is 12.6. The summed E-state index contributed by atoms with van der Waals surface area (Å²) in [6, 6.07) is 3.43. The van der Waals surface area contributed by atoms with Gasteiger partial charge in [-0.3, -0.25) is 5.32 Å². The molecule has 0 bridgehead atoms. The first-order valence-electron chi connectivity index (χ1n) is 8.49. The molecule has 27 heavy (non-hydrogen) atoms. The van der Waals surface area contributed by atoms with E-state index in [4.69, 9.17) is 10.2 Å². The number of nitrogens with zero attached hydrogens (tertiary/aromatic N) is 2. The number of hydrogen-bond donors (Lipinski definition) is 3. The van der Waals surface area contributed by atoms with Gasteiger partial charge in [-0.1, -0.05) is 20.8 Å². The van der Waals surface area contributed by atoms with Crippen LogP contribution in [0.15, 0.2) is 35.0 Å². The van der Waals surface area contributed by atoms with E-state index < -0.39 is 12.1 Å². The van der Waals surface area contributed by atoms with Crippen molar-refractivity contribution >= 4 is 28.6 Å². The Morgan fingerprint density at radius 3 is 2.56 bits per heavy atom. The third kappa shape index (κ3) is 3.99. The number of nitrogens with one attached hydrogen (secondary N) is 2. The van der Waals surface area contributed by atoms with Crippen LogP contribution in [0.5, 0.6) is 0 Å². The van der Waals surface area contributed by atoms with Gasteiger partial charge in [0.2, 0.25) is 5.95 Å². The molecule has 2 heterocycles. The van der Waals surface area contributed by atoms with Crippen molar-refractivity contribution < 1.29 is 13.6 Å². The average molecular weight is 371 g/mol. The second-order valence-electron chi connectivity index (χ2n) is 7.47. The topological polar surface area (TPSA) is 106 Å². The highest BCUT2D eigenvalue weighted by Gasteiger charge is 2.33. The third-order valence-electron chi connectivity index (χ3n) is 4.24. The summed E-state index contributed by atoms with van der Waals surface area (Å²) < 4.78 is 19.5. The van der Waals surface area contributed by atoms with Gasteiger partial charge in [0.15, 0.2) is 0 Å². The molecule has 3 rings (SSSR count). The normalized spacial score (nSPS) is 12.8. The number of furan rings is 1. The maximum Gasteiger partial charge on any atom is 0.322 e. The lowest BCUT2D eigenvalue weighted by Crippen LogP contribution is -2.39. The highest BCUT2D eigenvalue weighted by Crippen LogP contribution is 2.38. The van der Waals surface area contributed by atoms with Crippen molar-refractivity contribution in [3.8, 4) is 0 Å². The molecule has 7 nitrogen and oxygen atoms in total. The Bertz CT molecular complexity index is 976. The quantitative estimate of drug-likeness (QED) is 0.641. The highest BCUT2D eigenvalue weighted by molar-refractivity contribution is 5.88. The van der Waals surface area contributed by atoms with Crippen LogP contribution >= 0.6 is 0 Å². The molecule has 0 aliphatic rings. The summed E-state index contributed by atoms with van der Waals surface area (Å²) >= 11 is 0. The van der Waals surface area contributed by atoms with Crippen molar-refractivity contribution in [3.63, 3.8) is 0 Å². The Morgan fingerprint density at radius 1 is 1.26 bits per heavy atom. The zero-order valence-corrected chi connectivity index (χ0v) is 15.6. The highest BCUT2D eigenvalue weighted by atomic mass is 19.1. The second-order valence-corrected chi connectivity index (χ2v) is 7.47. The van der Waals surface area contributed by atoms with E-state index in [2.05, 4.69) is 20.6 Å². The van der Waals surface area contributed by atoms with Crippen molar-refractivity contribution in [2.24, 2.45) is 5.41 Å². The summed E-state index contributed by atoms with van der Waals surface area (Å²) in [5.41, 5.74) is 6.94. The Balaban J connectivity index is 1.89. The van der Waals surface area contributed by atoms with Crippen LogP contribution in [-0.4, -0.2) is 16.0 Å². The summed E-state index contributed by atoms with van der Waals surface area (Å²) in [7, 11) is 0.